The molecule has 2 aliphatic rings. The predicted octanol–water partition coefficient (Wildman–Crippen LogP) is 2.99. The molecule has 2 aromatic heterocycles. The number of para-hydroxylation sites is 1. The number of rotatable bonds is 7. The number of amides is 1. The zero-order valence-electron chi connectivity index (χ0n) is 17.4. The molecule has 1 aliphatic heterocycles. The molecule has 8 nitrogen and oxygen atoms in total. The Morgan fingerprint density at radius 3 is 2.47 bits per heavy atom. The largest absolute Gasteiger partial charge is 0.308 e. The van der Waals surface area contributed by atoms with Crippen molar-refractivity contribution in [3.05, 3.63) is 54.9 Å². The number of nitrogens with zero attached hydrogens (tertiary/aromatic N) is 5. The first-order valence-electron chi connectivity index (χ1n) is 10.6. The zero-order valence-corrected chi connectivity index (χ0v) is 19.0. The molecular formula is C22H23N5O3S2. The summed E-state index contributed by atoms with van der Waals surface area (Å²) >= 11 is 1.35. The summed E-state index contributed by atoms with van der Waals surface area (Å²) in [6.45, 7) is 0. The van der Waals surface area contributed by atoms with Gasteiger partial charge in [0.15, 0.2) is 20.8 Å². The lowest BCUT2D eigenvalue weighted by molar-refractivity contribution is -0.116. The van der Waals surface area contributed by atoms with Crippen molar-refractivity contribution >= 4 is 33.2 Å². The van der Waals surface area contributed by atoms with Crippen molar-refractivity contribution in [3.63, 3.8) is 0 Å². The minimum atomic E-state index is -3.12. The quantitative estimate of drug-likeness (QED) is 0.491. The average Bonchev–Trinajstić information content (AvgIpc) is 3.45. The van der Waals surface area contributed by atoms with Crippen LogP contribution in [0.5, 0.6) is 0 Å². The second-order valence-corrected chi connectivity index (χ2v) is 11.3. The molecule has 32 heavy (non-hydrogen) atoms. The summed E-state index contributed by atoms with van der Waals surface area (Å²) in [5.74, 6) is 0.938. The molecule has 2 fully saturated rings. The number of aromatic nitrogens is 4. The van der Waals surface area contributed by atoms with Crippen LogP contribution in [-0.2, 0) is 14.6 Å². The van der Waals surface area contributed by atoms with Crippen molar-refractivity contribution in [1.29, 1.82) is 0 Å². The Kier molecular flexibility index (Phi) is 5.73. The lowest BCUT2D eigenvalue weighted by Crippen LogP contribution is -2.42. The van der Waals surface area contributed by atoms with Gasteiger partial charge in [-0.15, -0.1) is 10.2 Å². The molecule has 0 radical (unpaired) electrons. The van der Waals surface area contributed by atoms with Crippen LogP contribution < -0.4 is 4.90 Å². The van der Waals surface area contributed by atoms with E-state index in [2.05, 4.69) is 19.7 Å². The lowest BCUT2D eigenvalue weighted by atomic mass is 10.2. The first-order chi connectivity index (χ1) is 15.5. The normalized spacial score (nSPS) is 19.7. The van der Waals surface area contributed by atoms with Crippen LogP contribution in [0.1, 0.15) is 25.3 Å². The third kappa shape index (κ3) is 4.42. The van der Waals surface area contributed by atoms with E-state index in [1.54, 1.807) is 17.3 Å². The number of benzene rings is 1. The van der Waals surface area contributed by atoms with E-state index in [1.165, 1.54) is 11.8 Å². The van der Waals surface area contributed by atoms with Gasteiger partial charge in [-0.25, -0.2) is 8.42 Å². The molecule has 1 saturated carbocycles. The lowest BCUT2D eigenvalue weighted by Gasteiger charge is -2.28. The number of anilines is 1. The van der Waals surface area contributed by atoms with Gasteiger partial charge in [-0.3, -0.25) is 14.3 Å². The van der Waals surface area contributed by atoms with Gasteiger partial charge in [0.2, 0.25) is 5.91 Å². The van der Waals surface area contributed by atoms with Crippen LogP contribution in [-0.4, -0.2) is 57.4 Å². The highest BCUT2D eigenvalue weighted by Crippen LogP contribution is 2.41. The van der Waals surface area contributed by atoms with E-state index in [0.717, 1.165) is 29.9 Å². The summed E-state index contributed by atoms with van der Waals surface area (Å²) < 4.78 is 26.3. The fraction of sp³-hybridized carbons (Fsp3) is 0.364. The first-order valence-corrected chi connectivity index (χ1v) is 13.4. The van der Waals surface area contributed by atoms with Crippen molar-refractivity contribution in [2.24, 2.45) is 0 Å². The molecule has 3 heterocycles. The van der Waals surface area contributed by atoms with Gasteiger partial charge in [-0.2, -0.15) is 0 Å². The first kappa shape index (κ1) is 21.1. The van der Waals surface area contributed by atoms with Crippen LogP contribution in [0.2, 0.25) is 0 Å². The van der Waals surface area contributed by atoms with Gasteiger partial charge in [-0.1, -0.05) is 30.0 Å². The Labute approximate surface area is 191 Å². The van der Waals surface area contributed by atoms with E-state index in [-0.39, 0.29) is 29.2 Å². The zero-order chi connectivity index (χ0) is 22.1. The maximum absolute atomic E-state index is 13.3. The van der Waals surface area contributed by atoms with Gasteiger partial charge in [0.1, 0.15) is 0 Å². The van der Waals surface area contributed by atoms with Gasteiger partial charge >= 0.3 is 0 Å². The number of carbonyl (C=O) groups excluding carboxylic acids is 1. The second-order valence-electron chi connectivity index (χ2n) is 8.09. The summed E-state index contributed by atoms with van der Waals surface area (Å²) in [5, 5.41) is 9.46. The van der Waals surface area contributed by atoms with Gasteiger partial charge in [0.25, 0.3) is 0 Å². The highest BCUT2D eigenvalue weighted by Gasteiger charge is 2.36. The van der Waals surface area contributed by atoms with Gasteiger partial charge in [0.05, 0.1) is 23.3 Å². The summed E-state index contributed by atoms with van der Waals surface area (Å²) in [5.41, 5.74) is 1.67. The minimum absolute atomic E-state index is 0.00273. The van der Waals surface area contributed by atoms with E-state index in [1.807, 2.05) is 42.5 Å². The fourth-order valence-corrected chi connectivity index (χ4v) is 6.62. The molecule has 1 unspecified atom stereocenters. The van der Waals surface area contributed by atoms with E-state index < -0.39 is 9.84 Å². The summed E-state index contributed by atoms with van der Waals surface area (Å²) in [6.07, 6.45) is 6.04. The molecule has 1 aromatic carbocycles. The summed E-state index contributed by atoms with van der Waals surface area (Å²) in [7, 11) is -3.12. The van der Waals surface area contributed by atoms with Crippen LogP contribution in [0.25, 0.3) is 11.4 Å². The van der Waals surface area contributed by atoms with Crippen molar-refractivity contribution in [2.75, 3.05) is 22.2 Å². The molecule has 0 bridgehead atoms. The fourth-order valence-electron chi connectivity index (χ4n) is 4.06. The Morgan fingerprint density at radius 2 is 1.81 bits per heavy atom. The maximum Gasteiger partial charge on any atom is 0.237 e. The maximum atomic E-state index is 13.3. The SMILES string of the molecule is O=C(CSc1nnc(-c2ccncc2)n1C1CC1)N(c1ccccc1)C1CCS(=O)(=O)C1. The van der Waals surface area contributed by atoms with Crippen molar-refractivity contribution < 1.29 is 13.2 Å². The van der Waals surface area contributed by atoms with E-state index in [9.17, 15) is 13.2 Å². The number of carbonyl (C=O) groups is 1. The molecule has 3 aromatic rings. The highest BCUT2D eigenvalue weighted by molar-refractivity contribution is 7.99. The number of sulfone groups is 1. The minimum Gasteiger partial charge on any atom is -0.308 e. The molecule has 0 spiro atoms. The Hall–Kier alpha value is -2.72. The van der Waals surface area contributed by atoms with Crippen molar-refractivity contribution in [2.45, 2.75) is 36.5 Å². The standard InChI is InChI=1S/C22H23N5O3S2/c28-20(26(17-4-2-1-3-5-17)19-10-13-32(29,30)15-19)14-31-22-25-24-21(27(22)18-6-7-18)16-8-11-23-12-9-16/h1-5,8-9,11-12,18-19H,6-7,10,13-15H2. The Morgan fingerprint density at radius 1 is 1.06 bits per heavy atom. The van der Waals surface area contributed by atoms with Crippen molar-refractivity contribution in [1.82, 2.24) is 19.7 Å². The molecule has 5 rings (SSSR count). The highest BCUT2D eigenvalue weighted by atomic mass is 32.2. The number of hydrogen-bond acceptors (Lipinski definition) is 7. The molecule has 0 N–H and O–H groups in total. The van der Waals surface area contributed by atoms with E-state index in [4.69, 9.17) is 0 Å². The molecule has 1 saturated heterocycles. The number of thioether (sulfide) groups is 1. The predicted molar refractivity (Wildman–Crippen MR) is 123 cm³/mol. The van der Waals surface area contributed by atoms with Gasteiger partial charge < -0.3 is 4.90 Å². The molecule has 166 valence electrons. The molecular weight excluding hydrogens is 446 g/mol. The second kappa shape index (κ2) is 8.67. The van der Waals surface area contributed by atoms with Crippen LogP contribution in [0.4, 0.5) is 5.69 Å². The van der Waals surface area contributed by atoms with Crippen LogP contribution in [0.15, 0.2) is 60.0 Å². The average molecular weight is 470 g/mol. The third-order valence-electron chi connectivity index (χ3n) is 5.72. The Bertz CT molecular complexity index is 1210. The van der Waals surface area contributed by atoms with Gasteiger partial charge in [-0.05, 0) is 43.5 Å². The van der Waals surface area contributed by atoms with E-state index >= 15 is 0 Å². The molecule has 1 atom stereocenters. The van der Waals surface area contributed by atoms with Crippen LogP contribution in [0, 0.1) is 0 Å². The van der Waals surface area contributed by atoms with Crippen LogP contribution >= 0.6 is 11.8 Å². The van der Waals surface area contributed by atoms with Crippen LogP contribution in [0.3, 0.4) is 0 Å². The monoisotopic (exact) mass is 469 g/mol. The number of hydrogen-bond donors (Lipinski definition) is 0. The summed E-state index contributed by atoms with van der Waals surface area (Å²) in [4.78, 5) is 19.1. The molecule has 1 aliphatic carbocycles. The number of pyridine rings is 1. The summed E-state index contributed by atoms with van der Waals surface area (Å²) in [6, 6.07) is 13.1. The van der Waals surface area contributed by atoms with Gasteiger partial charge in [0, 0.05) is 29.7 Å². The third-order valence-corrected chi connectivity index (χ3v) is 8.39. The topological polar surface area (TPSA) is 98.1 Å². The Balaban J connectivity index is 1.38. The molecule has 10 heteroatoms. The van der Waals surface area contributed by atoms with E-state index in [0.29, 0.717) is 17.6 Å². The smallest absolute Gasteiger partial charge is 0.237 e. The molecule has 1 amide bonds. The van der Waals surface area contributed by atoms with Crippen molar-refractivity contribution in [3.8, 4) is 11.4 Å².